The average molecular weight is 421 g/mol. The first-order valence-corrected chi connectivity index (χ1v) is 10.9. The van der Waals surface area contributed by atoms with E-state index in [0.717, 1.165) is 45.1 Å². The van der Waals surface area contributed by atoms with Gasteiger partial charge in [0.15, 0.2) is 0 Å². The second-order valence-electron chi connectivity index (χ2n) is 7.29. The number of carboxylic acids is 1. The number of amides is 2. The highest BCUT2D eigenvalue weighted by Gasteiger charge is 2.30. The summed E-state index contributed by atoms with van der Waals surface area (Å²) in [5, 5.41) is 18.1. The van der Waals surface area contributed by atoms with E-state index in [9.17, 15) is 19.5 Å². The molecule has 0 aromatic heterocycles. The van der Waals surface area contributed by atoms with Crippen LogP contribution in [-0.4, -0.2) is 60.1 Å². The molecule has 1 heterocycles. The Morgan fingerprint density at radius 1 is 1.15 bits per heavy atom. The maximum atomic E-state index is 12.4. The van der Waals surface area contributed by atoms with Gasteiger partial charge in [0.2, 0.25) is 11.8 Å². The van der Waals surface area contributed by atoms with Crippen molar-refractivity contribution in [2.45, 2.75) is 57.0 Å². The maximum absolute atomic E-state index is 12.4. The lowest BCUT2D eigenvalue weighted by atomic mass is 9.81. The highest BCUT2D eigenvalue weighted by molar-refractivity contribution is 7.98. The first-order chi connectivity index (χ1) is 12.5. The lowest BCUT2D eigenvalue weighted by molar-refractivity contribution is -0.142. The van der Waals surface area contributed by atoms with Gasteiger partial charge in [-0.15, -0.1) is 0 Å². The third kappa shape index (κ3) is 7.87. The van der Waals surface area contributed by atoms with Crippen molar-refractivity contribution in [2.24, 2.45) is 11.8 Å². The van der Waals surface area contributed by atoms with Crippen LogP contribution in [-0.2, 0) is 14.4 Å². The zero-order chi connectivity index (χ0) is 18.9. The van der Waals surface area contributed by atoms with Gasteiger partial charge >= 0.3 is 5.97 Å². The molecule has 0 bridgehead atoms. The number of carbonyl (C=O) groups is 3. The fourth-order valence-electron chi connectivity index (χ4n) is 3.69. The lowest BCUT2D eigenvalue weighted by Crippen LogP contribution is -3.00. The molecule has 0 unspecified atom stereocenters. The first-order valence-electron chi connectivity index (χ1n) is 9.54. The summed E-state index contributed by atoms with van der Waals surface area (Å²) in [7, 11) is 0. The van der Waals surface area contributed by atoms with Gasteiger partial charge in [-0.25, -0.2) is 4.79 Å². The van der Waals surface area contributed by atoms with Gasteiger partial charge in [-0.2, -0.15) is 11.8 Å². The molecule has 1 saturated heterocycles. The van der Waals surface area contributed by atoms with E-state index in [-0.39, 0.29) is 36.2 Å². The van der Waals surface area contributed by atoms with E-state index in [4.69, 9.17) is 0 Å². The van der Waals surface area contributed by atoms with Crippen molar-refractivity contribution in [3.05, 3.63) is 0 Å². The molecule has 27 heavy (non-hydrogen) atoms. The summed E-state index contributed by atoms with van der Waals surface area (Å²) in [4.78, 5) is 35.7. The Labute approximate surface area is 171 Å². The van der Waals surface area contributed by atoms with Gasteiger partial charge in [-0.05, 0) is 69.4 Å². The van der Waals surface area contributed by atoms with Crippen LogP contribution in [0.3, 0.4) is 0 Å². The lowest BCUT2D eigenvalue weighted by Gasteiger charge is -2.29. The molecule has 2 aliphatic rings. The molecule has 2 fully saturated rings. The van der Waals surface area contributed by atoms with Gasteiger partial charge in [0, 0.05) is 12.5 Å². The third-order valence-corrected chi connectivity index (χ3v) is 6.03. The highest BCUT2D eigenvalue weighted by atomic mass is 35.5. The number of carbonyl (C=O) groups excluding carboxylic acids is 2. The second-order valence-corrected chi connectivity index (χ2v) is 8.28. The van der Waals surface area contributed by atoms with Crippen LogP contribution in [0.25, 0.3) is 0 Å². The molecule has 1 aliphatic heterocycles. The molecule has 4 N–H and O–H groups in total. The van der Waals surface area contributed by atoms with E-state index in [1.54, 1.807) is 11.8 Å². The molecule has 1 saturated carbocycles. The van der Waals surface area contributed by atoms with Gasteiger partial charge in [-0.3, -0.25) is 9.59 Å². The number of halogens is 1. The zero-order valence-corrected chi connectivity index (χ0v) is 17.4. The smallest absolute Gasteiger partial charge is 0.326 e. The van der Waals surface area contributed by atoms with Crippen molar-refractivity contribution >= 4 is 29.5 Å². The minimum atomic E-state index is -0.968. The van der Waals surface area contributed by atoms with Crippen LogP contribution in [0, 0.1) is 11.8 Å². The number of hydrogen-bond donors (Lipinski definition) is 4. The van der Waals surface area contributed by atoms with E-state index in [0.29, 0.717) is 24.6 Å². The van der Waals surface area contributed by atoms with Crippen molar-refractivity contribution in [2.75, 3.05) is 25.1 Å². The monoisotopic (exact) mass is 420 g/mol. The van der Waals surface area contributed by atoms with Gasteiger partial charge < -0.3 is 33.5 Å². The Morgan fingerprint density at radius 3 is 2.41 bits per heavy atom. The molecule has 1 aliphatic carbocycles. The SMILES string of the molecule is CSCC[C@H](NC(=O)C1CCC(CNC(=O)[C@@H]2CCCN2)CC1)C(=O)O.[Cl-]. The summed E-state index contributed by atoms with van der Waals surface area (Å²) in [5.41, 5.74) is 0. The number of aliphatic carboxylic acids is 1. The standard InChI is InChI=1S/C18H31N3O4S.ClH/c1-26-10-8-15(18(24)25)21-16(22)13-6-4-12(5-7-13)11-20-17(23)14-3-2-9-19-14;/h12-15,19H,2-11H2,1H3,(H,20,23)(H,21,22)(H,24,25);1H/p-1/t12?,13?,14-,15-;/m0./s1. The minimum Gasteiger partial charge on any atom is -1.00 e. The molecule has 156 valence electrons. The van der Waals surface area contributed by atoms with Crippen molar-refractivity contribution in [1.82, 2.24) is 16.0 Å². The summed E-state index contributed by atoms with van der Waals surface area (Å²) in [6, 6.07) is -0.850. The number of rotatable bonds is 9. The largest absolute Gasteiger partial charge is 1.00 e. The Balaban J connectivity index is 0.00000364. The maximum Gasteiger partial charge on any atom is 0.326 e. The fourth-order valence-corrected chi connectivity index (χ4v) is 4.16. The fraction of sp³-hybridized carbons (Fsp3) is 0.833. The predicted octanol–water partition coefficient (Wildman–Crippen LogP) is -2.01. The van der Waals surface area contributed by atoms with Crippen molar-refractivity contribution in [3.63, 3.8) is 0 Å². The Bertz CT molecular complexity index is 495. The van der Waals surface area contributed by atoms with E-state index in [1.807, 2.05) is 6.26 Å². The van der Waals surface area contributed by atoms with E-state index in [2.05, 4.69) is 16.0 Å². The van der Waals surface area contributed by atoms with Gasteiger partial charge in [0.05, 0.1) is 6.04 Å². The molecule has 0 aromatic carbocycles. The molecule has 0 radical (unpaired) electrons. The first kappa shape index (κ1) is 24.0. The van der Waals surface area contributed by atoms with Crippen LogP contribution in [0.2, 0.25) is 0 Å². The Hall–Kier alpha value is -0.990. The number of thioether (sulfide) groups is 1. The van der Waals surface area contributed by atoms with Crippen molar-refractivity contribution in [1.29, 1.82) is 0 Å². The van der Waals surface area contributed by atoms with Crippen LogP contribution < -0.4 is 28.4 Å². The molecule has 0 aromatic rings. The van der Waals surface area contributed by atoms with Crippen molar-refractivity contribution < 1.29 is 31.9 Å². The number of carboxylic acid groups (broad SMARTS) is 1. The summed E-state index contributed by atoms with van der Waals surface area (Å²) in [5.74, 6) is -0.0360. The number of hydrogen-bond acceptors (Lipinski definition) is 5. The molecule has 2 rings (SSSR count). The topological polar surface area (TPSA) is 108 Å². The summed E-state index contributed by atoms with van der Waals surface area (Å²) >= 11 is 1.57. The molecule has 2 amide bonds. The van der Waals surface area contributed by atoms with Crippen LogP contribution >= 0.6 is 11.8 Å². The molecular formula is C18H31ClN3O4S-. The van der Waals surface area contributed by atoms with E-state index >= 15 is 0 Å². The van der Waals surface area contributed by atoms with Gasteiger partial charge in [0.25, 0.3) is 0 Å². The molecular weight excluding hydrogens is 390 g/mol. The van der Waals surface area contributed by atoms with Crippen molar-refractivity contribution in [3.8, 4) is 0 Å². The summed E-state index contributed by atoms with van der Waals surface area (Å²) in [6.45, 7) is 1.57. The minimum absolute atomic E-state index is 0. The van der Waals surface area contributed by atoms with E-state index < -0.39 is 12.0 Å². The molecule has 7 nitrogen and oxygen atoms in total. The predicted molar refractivity (Wildman–Crippen MR) is 102 cm³/mol. The quantitative estimate of drug-likeness (QED) is 0.343. The van der Waals surface area contributed by atoms with Gasteiger partial charge in [-0.1, -0.05) is 0 Å². The average Bonchev–Trinajstić information content (AvgIpc) is 3.18. The highest BCUT2D eigenvalue weighted by Crippen LogP contribution is 2.28. The van der Waals surface area contributed by atoms with Crippen LogP contribution in [0.4, 0.5) is 0 Å². The zero-order valence-electron chi connectivity index (χ0n) is 15.8. The van der Waals surface area contributed by atoms with Gasteiger partial charge in [0.1, 0.15) is 6.04 Å². The second kappa shape index (κ2) is 12.5. The molecule has 9 heteroatoms. The summed E-state index contributed by atoms with van der Waals surface area (Å²) in [6.07, 6.45) is 7.60. The van der Waals surface area contributed by atoms with E-state index in [1.165, 1.54) is 0 Å². The Kier molecular flexibility index (Phi) is 11.1. The normalized spacial score (nSPS) is 25.9. The number of nitrogens with one attached hydrogen (secondary N) is 3. The Morgan fingerprint density at radius 2 is 1.85 bits per heavy atom. The summed E-state index contributed by atoms with van der Waals surface area (Å²) < 4.78 is 0. The van der Waals surface area contributed by atoms with Crippen LogP contribution in [0.5, 0.6) is 0 Å². The van der Waals surface area contributed by atoms with Crippen LogP contribution in [0.1, 0.15) is 44.9 Å². The third-order valence-electron chi connectivity index (χ3n) is 5.38. The molecule has 0 spiro atoms. The molecule has 2 atom stereocenters. The van der Waals surface area contributed by atoms with Crippen LogP contribution in [0.15, 0.2) is 0 Å².